The van der Waals surface area contributed by atoms with E-state index in [4.69, 9.17) is 9.47 Å². The normalized spacial score (nSPS) is 15.5. The lowest BCUT2D eigenvalue weighted by molar-refractivity contribution is 0.140. The van der Waals surface area contributed by atoms with Gasteiger partial charge in [0.1, 0.15) is 0 Å². The first-order valence-corrected chi connectivity index (χ1v) is 8.18. The van der Waals surface area contributed by atoms with Crippen LogP contribution in [-0.2, 0) is 0 Å². The predicted octanol–water partition coefficient (Wildman–Crippen LogP) is 1.41. The first-order valence-electron chi connectivity index (χ1n) is 8.18. The van der Waals surface area contributed by atoms with Gasteiger partial charge in [-0.2, -0.15) is 0 Å². The Morgan fingerprint density at radius 3 is 2.38 bits per heavy atom. The topological polar surface area (TPSA) is 57.3 Å². The molecule has 1 aliphatic heterocycles. The van der Waals surface area contributed by atoms with E-state index in [9.17, 15) is 4.79 Å². The molecule has 1 fully saturated rings. The third-order valence-corrected chi connectivity index (χ3v) is 4.16. The van der Waals surface area contributed by atoms with E-state index in [0.29, 0.717) is 17.2 Å². The molecule has 7 heteroatoms. The SMILES string of the molecule is COc1ccc(NC(=O)N2CCN(CCN(C)C)CC2)cc1OC. The smallest absolute Gasteiger partial charge is 0.321 e. The molecule has 0 bridgehead atoms. The van der Waals surface area contributed by atoms with Crippen LogP contribution in [-0.4, -0.2) is 88.3 Å². The molecule has 0 aliphatic carbocycles. The molecule has 1 aliphatic rings. The third-order valence-electron chi connectivity index (χ3n) is 4.16. The van der Waals surface area contributed by atoms with Crippen LogP contribution in [0, 0.1) is 0 Å². The van der Waals surface area contributed by atoms with Gasteiger partial charge in [-0.15, -0.1) is 0 Å². The molecule has 1 aromatic carbocycles. The van der Waals surface area contributed by atoms with Crippen molar-refractivity contribution < 1.29 is 14.3 Å². The molecule has 0 radical (unpaired) electrons. The molecule has 7 nitrogen and oxygen atoms in total. The highest BCUT2D eigenvalue weighted by Crippen LogP contribution is 2.29. The molecule has 2 amide bonds. The largest absolute Gasteiger partial charge is 0.493 e. The van der Waals surface area contributed by atoms with E-state index < -0.39 is 0 Å². The van der Waals surface area contributed by atoms with E-state index in [-0.39, 0.29) is 6.03 Å². The van der Waals surface area contributed by atoms with Crippen molar-refractivity contribution in [2.45, 2.75) is 0 Å². The monoisotopic (exact) mass is 336 g/mol. The maximum Gasteiger partial charge on any atom is 0.321 e. The summed E-state index contributed by atoms with van der Waals surface area (Å²) in [6.07, 6.45) is 0. The summed E-state index contributed by atoms with van der Waals surface area (Å²) >= 11 is 0. The Kier molecular flexibility index (Phi) is 6.69. The lowest BCUT2D eigenvalue weighted by atomic mass is 10.2. The fourth-order valence-corrected chi connectivity index (χ4v) is 2.63. The Bertz CT molecular complexity index is 543. The van der Waals surface area contributed by atoms with E-state index in [1.165, 1.54) is 0 Å². The highest BCUT2D eigenvalue weighted by Gasteiger charge is 2.21. The number of methoxy groups -OCH3 is 2. The molecule has 0 atom stereocenters. The van der Waals surface area contributed by atoms with Crippen molar-refractivity contribution in [3.8, 4) is 11.5 Å². The number of hydrogen-bond donors (Lipinski definition) is 1. The molecule has 134 valence electrons. The van der Waals surface area contributed by atoms with Crippen molar-refractivity contribution in [2.24, 2.45) is 0 Å². The van der Waals surface area contributed by atoms with Gasteiger partial charge in [0.25, 0.3) is 0 Å². The number of amides is 2. The number of rotatable bonds is 6. The number of urea groups is 1. The second kappa shape index (κ2) is 8.75. The van der Waals surface area contributed by atoms with Gasteiger partial charge >= 0.3 is 6.03 Å². The van der Waals surface area contributed by atoms with E-state index in [0.717, 1.165) is 39.3 Å². The molecular formula is C17H28N4O3. The van der Waals surface area contributed by atoms with Gasteiger partial charge in [0.05, 0.1) is 14.2 Å². The average Bonchev–Trinajstić information content (AvgIpc) is 2.60. The molecule has 0 saturated carbocycles. The highest BCUT2D eigenvalue weighted by molar-refractivity contribution is 5.89. The number of carbonyl (C=O) groups excluding carboxylic acids is 1. The lowest BCUT2D eigenvalue weighted by Crippen LogP contribution is -2.51. The molecule has 0 spiro atoms. The molecule has 1 saturated heterocycles. The number of carbonyl (C=O) groups is 1. The van der Waals surface area contributed by atoms with Gasteiger partial charge in [-0.25, -0.2) is 4.79 Å². The first-order chi connectivity index (χ1) is 11.5. The van der Waals surface area contributed by atoms with Crippen LogP contribution in [0.3, 0.4) is 0 Å². The molecule has 2 rings (SSSR count). The number of ether oxygens (including phenoxy) is 2. The van der Waals surface area contributed by atoms with Gasteiger partial charge in [0.15, 0.2) is 11.5 Å². The van der Waals surface area contributed by atoms with Crippen LogP contribution >= 0.6 is 0 Å². The zero-order valence-electron chi connectivity index (χ0n) is 15.0. The standard InChI is InChI=1S/C17H28N4O3/c1-19(2)7-8-20-9-11-21(12-10-20)17(22)18-14-5-6-15(23-3)16(13-14)24-4/h5-6,13H,7-12H2,1-4H3,(H,18,22). The minimum Gasteiger partial charge on any atom is -0.493 e. The molecule has 1 heterocycles. The lowest BCUT2D eigenvalue weighted by Gasteiger charge is -2.35. The third kappa shape index (κ3) is 5.01. The van der Waals surface area contributed by atoms with Gasteiger partial charge in [-0.05, 0) is 26.2 Å². The van der Waals surface area contributed by atoms with E-state index in [2.05, 4.69) is 29.2 Å². The van der Waals surface area contributed by atoms with Crippen molar-refractivity contribution in [3.63, 3.8) is 0 Å². The van der Waals surface area contributed by atoms with Crippen molar-refractivity contribution in [2.75, 3.05) is 72.9 Å². The molecule has 1 N–H and O–H groups in total. The fraction of sp³-hybridized carbons (Fsp3) is 0.588. The maximum atomic E-state index is 12.4. The number of benzene rings is 1. The van der Waals surface area contributed by atoms with Crippen molar-refractivity contribution in [3.05, 3.63) is 18.2 Å². The maximum absolute atomic E-state index is 12.4. The van der Waals surface area contributed by atoms with Gasteiger partial charge in [0, 0.05) is 51.0 Å². The van der Waals surface area contributed by atoms with Gasteiger partial charge in [-0.3, -0.25) is 4.90 Å². The van der Waals surface area contributed by atoms with Gasteiger partial charge in [0.2, 0.25) is 0 Å². The van der Waals surface area contributed by atoms with Crippen LogP contribution in [0.25, 0.3) is 0 Å². The molecule has 0 unspecified atom stereocenters. The Morgan fingerprint density at radius 2 is 1.79 bits per heavy atom. The summed E-state index contributed by atoms with van der Waals surface area (Å²) in [5.41, 5.74) is 0.702. The fourth-order valence-electron chi connectivity index (χ4n) is 2.63. The first kappa shape index (κ1) is 18.4. The van der Waals surface area contributed by atoms with Crippen molar-refractivity contribution in [1.29, 1.82) is 0 Å². The molecule has 24 heavy (non-hydrogen) atoms. The van der Waals surface area contributed by atoms with Crippen LogP contribution in [0.4, 0.5) is 10.5 Å². The Hall–Kier alpha value is -1.99. The summed E-state index contributed by atoms with van der Waals surface area (Å²) in [6, 6.07) is 5.29. The van der Waals surface area contributed by atoms with Crippen molar-refractivity contribution in [1.82, 2.24) is 14.7 Å². The number of piperazine rings is 1. The number of hydrogen-bond acceptors (Lipinski definition) is 5. The summed E-state index contributed by atoms with van der Waals surface area (Å²) in [7, 11) is 7.32. The van der Waals surface area contributed by atoms with Crippen LogP contribution < -0.4 is 14.8 Å². The quantitative estimate of drug-likeness (QED) is 0.851. The van der Waals surface area contributed by atoms with Crippen molar-refractivity contribution >= 4 is 11.7 Å². The molecule has 0 aromatic heterocycles. The van der Waals surface area contributed by atoms with Crippen LogP contribution in [0.2, 0.25) is 0 Å². The average molecular weight is 336 g/mol. The summed E-state index contributed by atoms with van der Waals surface area (Å²) in [4.78, 5) is 18.8. The van der Waals surface area contributed by atoms with Crippen LogP contribution in [0.1, 0.15) is 0 Å². The predicted molar refractivity (Wildman–Crippen MR) is 95.1 cm³/mol. The van der Waals surface area contributed by atoms with Crippen LogP contribution in [0.15, 0.2) is 18.2 Å². The Morgan fingerprint density at radius 1 is 1.12 bits per heavy atom. The number of nitrogens with one attached hydrogen (secondary N) is 1. The summed E-state index contributed by atoms with van der Waals surface area (Å²) in [5, 5.41) is 2.93. The van der Waals surface area contributed by atoms with Gasteiger partial charge < -0.3 is 24.6 Å². The number of anilines is 1. The Balaban J connectivity index is 1.85. The zero-order valence-corrected chi connectivity index (χ0v) is 15.0. The summed E-state index contributed by atoms with van der Waals surface area (Å²) in [6.45, 7) is 5.38. The van der Waals surface area contributed by atoms with E-state index in [1.807, 2.05) is 11.0 Å². The number of nitrogens with zero attached hydrogens (tertiary/aromatic N) is 3. The van der Waals surface area contributed by atoms with E-state index >= 15 is 0 Å². The molecular weight excluding hydrogens is 308 g/mol. The minimum atomic E-state index is -0.0746. The minimum absolute atomic E-state index is 0.0746. The summed E-state index contributed by atoms with van der Waals surface area (Å²) < 4.78 is 10.5. The second-order valence-corrected chi connectivity index (χ2v) is 6.13. The van der Waals surface area contributed by atoms with E-state index in [1.54, 1.807) is 26.4 Å². The van der Waals surface area contributed by atoms with Gasteiger partial charge in [-0.1, -0.05) is 0 Å². The Labute approximate surface area is 144 Å². The molecule has 1 aromatic rings. The second-order valence-electron chi connectivity index (χ2n) is 6.13. The zero-order chi connectivity index (χ0) is 17.5. The summed E-state index contributed by atoms with van der Waals surface area (Å²) in [5.74, 6) is 1.24. The number of likely N-dealkylation sites (N-methyl/N-ethyl adjacent to an activating group) is 1. The van der Waals surface area contributed by atoms with Crippen LogP contribution in [0.5, 0.6) is 11.5 Å². The highest BCUT2D eigenvalue weighted by atomic mass is 16.5.